The first kappa shape index (κ1) is 15.3. The van der Waals surface area contributed by atoms with Gasteiger partial charge in [-0.25, -0.2) is 8.75 Å². The Morgan fingerprint density at radius 1 is 1.22 bits per heavy atom. The van der Waals surface area contributed by atoms with Crippen molar-refractivity contribution in [3.63, 3.8) is 0 Å². The van der Waals surface area contributed by atoms with E-state index in [1.54, 1.807) is 41.2 Å². The van der Waals surface area contributed by atoms with Gasteiger partial charge in [0.15, 0.2) is 6.10 Å². The smallest absolute Gasteiger partial charge is 0.344 e. The fraction of sp³-hybridized carbons (Fsp3) is 0.176. The molecule has 2 aromatic carbocycles. The Morgan fingerprint density at radius 3 is 2.52 bits per heavy atom. The predicted molar refractivity (Wildman–Crippen MR) is 89.8 cm³/mol. The van der Waals surface area contributed by atoms with Crippen LogP contribution in [0.3, 0.4) is 0 Å². The number of carboxylic acids is 1. The molecule has 0 radical (unpaired) electrons. The van der Waals surface area contributed by atoms with Crippen LogP contribution in [0.2, 0.25) is 0 Å². The number of nitrogens with zero attached hydrogens (tertiary/aromatic N) is 1. The Kier molecular flexibility index (Phi) is 4.16. The number of hydrogen-bond acceptors (Lipinski definition) is 4. The number of benzene rings is 2. The molecule has 1 atom stereocenters. The molecular weight excluding hydrogens is 314 g/mol. The van der Waals surface area contributed by atoms with Gasteiger partial charge >= 0.3 is 5.97 Å². The van der Waals surface area contributed by atoms with E-state index < -0.39 is 12.1 Å². The van der Waals surface area contributed by atoms with E-state index in [9.17, 15) is 9.59 Å². The lowest BCUT2D eigenvalue weighted by molar-refractivity contribution is -0.145. The van der Waals surface area contributed by atoms with Crippen LogP contribution in [0.1, 0.15) is 13.3 Å². The second-order valence-electron chi connectivity index (χ2n) is 5.03. The van der Waals surface area contributed by atoms with Crippen molar-refractivity contribution in [2.45, 2.75) is 19.4 Å². The number of carboxylic acid groups (broad SMARTS) is 1. The largest absolute Gasteiger partial charge is 0.479 e. The average Bonchev–Trinajstić information content (AvgIpc) is 2.90. The topological polar surface area (TPSA) is 68.5 Å². The maximum Gasteiger partial charge on any atom is 0.344 e. The average molecular weight is 329 g/mol. The lowest BCUT2D eigenvalue weighted by Crippen LogP contribution is -2.25. The molecule has 1 N–H and O–H groups in total. The molecule has 0 aliphatic heterocycles. The minimum absolute atomic E-state index is 0.0590. The lowest BCUT2D eigenvalue weighted by atomic mass is 10.2. The van der Waals surface area contributed by atoms with Gasteiger partial charge in [0.25, 0.3) is 5.56 Å². The van der Waals surface area contributed by atoms with Gasteiger partial charge in [-0.15, -0.1) is 0 Å². The minimum atomic E-state index is -0.989. The molecule has 6 heteroatoms. The molecule has 1 unspecified atom stereocenters. The fourth-order valence-corrected chi connectivity index (χ4v) is 3.27. The summed E-state index contributed by atoms with van der Waals surface area (Å²) in [7, 11) is 0. The molecule has 3 rings (SSSR count). The van der Waals surface area contributed by atoms with Gasteiger partial charge in [0, 0.05) is 0 Å². The van der Waals surface area contributed by atoms with Crippen LogP contribution in [0.15, 0.2) is 53.3 Å². The van der Waals surface area contributed by atoms with Crippen molar-refractivity contribution in [1.82, 2.24) is 3.96 Å². The van der Waals surface area contributed by atoms with Crippen LogP contribution in [0, 0.1) is 0 Å². The van der Waals surface area contributed by atoms with Gasteiger partial charge in [-0.1, -0.05) is 30.6 Å². The number of ether oxygens (including phenoxy) is 1. The minimum Gasteiger partial charge on any atom is -0.479 e. The molecule has 0 fully saturated rings. The van der Waals surface area contributed by atoms with Crippen LogP contribution in [-0.4, -0.2) is 21.1 Å². The Labute approximate surface area is 136 Å². The highest BCUT2D eigenvalue weighted by atomic mass is 32.1. The van der Waals surface area contributed by atoms with Crippen LogP contribution in [0.25, 0.3) is 15.8 Å². The van der Waals surface area contributed by atoms with Crippen molar-refractivity contribution >= 4 is 27.6 Å². The van der Waals surface area contributed by atoms with Crippen LogP contribution in [0.5, 0.6) is 5.75 Å². The number of carbonyl (C=O) groups is 1. The van der Waals surface area contributed by atoms with Crippen molar-refractivity contribution in [1.29, 1.82) is 0 Å². The molecule has 0 aliphatic rings. The SMILES string of the molecule is CCC(Oc1ccc(-n2sc3ccccc3c2=O)cc1)C(=O)O. The van der Waals surface area contributed by atoms with Crippen molar-refractivity contribution in [3.8, 4) is 11.4 Å². The number of aliphatic carboxylic acids is 1. The van der Waals surface area contributed by atoms with E-state index in [1.165, 1.54) is 11.5 Å². The molecule has 23 heavy (non-hydrogen) atoms. The zero-order chi connectivity index (χ0) is 16.4. The molecule has 1 aromatic heterocycles. The Balaban J connectivity index is 1.91. The lowest BCUT2D eigenvalue weighted by Gasteiger charge is -2.13. The predicted octanol–water partition coefficient (Wildman–Crippen LogP) is 3.29. The van der Waals surface area contributed by atoms with E-state index in [2.05, 4.69) is 0 Å². The van der Waals surface area contributed by atoms with E-state index in [0.717, 1.165) is 10.4 Å². The molecule has 0 aliphatic carbocycles. The summed E-state index contributed by atoms with van der Waals surface area (Å²) in [6.07, 6.45) is -0.486. The summed E-state index contributed by atoms with van der Waals surface area (Å²) >= 11 is 1.38. The summed E-state index contributed by atoms with van der Waals surface area (Å²) < 4.78 is 7.96. The molecule has 118 valence electrons. The van der Waals surface area contributed by atoms with Crippen molar-refractivity contribution in [3.05, 3.63) is 58.9 Å². The van der Waals surface area contributed by atoms with E-state index in [0.29, 0.717) is 17.6 Å². The molecule has 0 amide bonds. The molecule has 0 spiro atoms. The second kappa shape index (κ2) is 6.26. The Bertz CT molecular complexity index is 895. The van der Waals surface area contributed by atoms with Crippen molar-refractivity contribution in [2.75, 3.05) is 0 Å². The van der Waals surface area contributed by atoms with E-state index in [4.69, 9.17) is 9.84 Å². The molecule has 3 aromatic rings. The number of hydrogen-bond donors (Lipinski definition) is 1. The third kappa shape index (κ3) is 2.98. The van der Waals surface area contributed by atoms with Gasteiger partial charge in [-0.2, -0.15) is 0 Å². The molecule has 5 nitrogen and oxygen atoms in total. The van der Waals surface area contributed by atoms with E-state index >= 15 is 0 Å². The molecule has 0 saturated heterocycles. The van der Waals surface area contributed by atoms with Gasteiger partial charge in [0.2, 0.25) is 0 Å². The summed E-state index contributed by atoms with van der Waals surface area (Å²) in [6.45, 7) is 1.75. The fourth-order valence-electron chi connectivity index (χ4n) is 2.27. The summed E-state index contributed by atoms with van der Waals surface area (Å²) in [5.41, 5.74) is 0.670. The first-order chi connectivity index (χ1) is 11.1. The van der Waals surface area contributed by atoms with Gasteiger partial charge in [0.1, 0.15) is 5.75 Å². The number of fused-ring (bicyclic) bond motifs is 1. The van der Waals surface area contributed by atoms with Gasteiger partial charge < -0.3 is 9.84 Å². The summed E-state index contributed by atoms with van der Waals surface area (Å²) in [5.74, 6) is -0.519. The van der Waals surface area contributed by atoms with E-state index in [-0.39, 0.29) is 5.56 Å². The van der Waals surface area contributed by atoms with Crippen molar-refractivity contribution in [2.24, 2.45) is 0 Å². The maximum absolute atomic E-state index is 12.4. The van der Waals surface area contributed by atoms with Crippen LogP contribution < -0.4 is 10.3 Å². The first-order valence-electron chi connectivity index (χ1n) is 7.21. The first-order valence-corrected chi connectivity index (χ1v) is 7.98. The van der Waals surface area contributed by atoms with Crippen LogP contribution in [0.4, 0.5) is 0 Å². The van der Waals surface area contributed by atoms with Gasteiger partial charge in [-0.05, 0) is 42.8 Å². The van der Waals surface area contributed by atoms with Crippen LogP contribution >= 0.6 is 11.5 Å². The highest BCUT2D eigenvalue weighted by Crippen LogP contribution is 2.22. The van der Waals surface area contributed by atoms with Gasteiger partial charge in [-0.3, -0.25) is 4.79 Å². The Hall–Kier alpha value is -2.60. The molecule has 0 bridgehead atoms. The summed E-state index contributed by atoms with van der Waals surface area (Å²) in [6, 6.07) is 14.3. The third-order valence-electron chi connectivity index (χ3n) is 3.49. The maximum atomic E-state index is 12.4. The number of rotatable bonds is 5. The molecule has 1 heterocycles. The molecular formula is C17H15NO4S. The van der Waals surface area contributed by atoms with E-state index in [1.807, 2.05) is 18.2 Å². The Morgan fingerprint density at radius 2 is 1.91 bits per heavy atom. The summed E-state index contributed by atoms with van der Waals surface area (Å²) in [5, 5.41) is 9.70. The normalized spacial score (nSPS) is 12.2. The van der Waals surface area contributed by atoms with Crippen molar-refractivity contribution < 1.29 is 14.6 Å². The van der Waals surface area contributed by atoms with Crippen LogP contribution in [-0.2, 0) is 4.79 Å². The quantitative estimate of drug-likeness (QED) is 0.780. The monoisotopic (exact) mass is 329 g/mol. The second-order valence-corrected chi connectivity index (χ2v) is 6.02. The molecule has 0 saturated carbocycles. The highest BCUT2D eigenvalue weighted by molar-refractivity contribution is 7.14. The van der Waals surface area contributed by atoms with Gasteiger partial charge in [0.05, 0.1) is 15.8 Å². The highest BCUT2D eigenvalue weighted by Gasteiger charge is 2.16. The number of aromatic nitrogens is 1. The zero-order valence-corrected chi connectivity index (χ0v) is 13.2. The standard InChI is InChI=1S/C17H15NO4S/c1-2-14(17(20)21)22-12-9-7-11(8-10-12)18-16(19)13-5-3-4-6-15(13)23-18/h3-10,14H,2H2,1H3,(H,20,21). The summed E-state index contributed by atoms with van der Waals surface area (Å²) in [4.78, 5) is 23.4. The zero-order valence-electron chi connectivity index (χ0n) is 12.4. The third-order valence-corrected chi connectivity index (χ3v) is 4.60.